The Morgan fingerprint density at radius 1 is 1.15 bits per heavy atom. The molecule has 100 valence electrons. The Morgan fingerprint density at radius 3 is 2.70 bits per heavy atom. The molecule has 0 saturated carbocycles. The molecule has 0 unspecified atom stereocenters. The SMILES string of the molecule is COc1ccc2c(c1)O[C@]1(O[C@@H]1c1ccccc1)C2=O. The molecule has 2 aromatic carbocycles. The molecule has 2 aliphatic heterocycles. The molecule has 0 amide bonds. The van der Waals surface area contributed by atoms with Gasteiger partial charge in [0.25, 0.3) is 0 Å². The summed E-state index contributed by atoms with van der Waals surface area (Å²) in [6, 6.07) is 14.8. The third-order valence-corrected chi connectivity index (χ3v) is 3.69. The molecule has 2 aliphatic rings. The number of methoxy groups -OCH3 is 1. The van der Waals surface area contributed by atoms with Gasteiger partial charge in [-0.25, -0.2) is 0 Å². The van der Waals surface area contributed by atoms with E-state index in [1.807, 2.05) is 30.3 Å². The fraction of sp³-hybridized carbons (Fsp3) is 0.188. The minimum Gasteiger partial charge on any atom is -0.497 e. The summed E-state index contributed by atoms with van der Waals surface area (Å²) in [7, 11) is 1.58. The molecule has 1 spiro atoms. The zero-order chi connectivity index (χ0) is 13.7. The van der Waals surface area contributed by atoms with Crippen LogP contribution in [0.3, 0.4) is 0 Å². The van der Waals surface area contributed by atoms with Gasteiger partial charge in [0.1, 0.15) is 11.5 Å². The summed E-state index contributed by atoms with van der Waals surface area (Å²) in [5, 5.41) is 0. The minimum atomic E-state index is -1.17. The lowest BCUT2D eigenvalue weighted by molar-refractivity contribution is 0.0537. The van der Waals surface area contributed by atoms with Crippen molar-refractivity contribution in [1.82, 2.24) is 0 Å². The topological polar surface area (TPSA) is 48.1 Å². The molecule has 0 aliphatic carbocycles. The van der Waals surface area contributed by atoms with Crippen LogP contribution >= 0.6 is 0 Å². The monoisotopic (exact) mass is 268 g/mol. The maximum atomic E-state index is 12.5. The molecule has 4 nitrogen and oxygen atoms in total. The van der Waals surface area contributed by atoms with Gasteiger partial charge in [0.05, 0.1) is 12.7 Å². The molecule has 1 saturated heterocycles. The number of fused-ring (bicyclic) bond motifs is 1. The van der Waals surface area contributed by atoms with Crippen molar-refractivity contribution >= 4 is 5.78 Å². The average molecular weight is 268 g/mol. The number of benzene rings is 2. The summed E-state index contributed by atoms with van der Waals surface area (Å²) in [6.45, 7) is 0. The van der Waals surface area contributed by atoms with Gasteiger partial charge in [-0.3, -0.25) is 4.79 Å². The predicted octanol–water partition coefficient (Wildman–Crippen LogP) is 2.74. The van der Waals surface area contributed by atoms with Crippen molar-refractivity contribution in [3.63, 3.8) is 0 Å². The lowest BCUT2D eigenvalue weighted by Crippen LogP contribution is -2.25. The van der Waals surface area contributed by atoms with Crippen molar-refractivity contribution in [2.45, 2.75) is 11.9 Å². The molecule has 2 aromatic rings. The van der Waals surface area contributed by atoms with Gasteiger partial charge in [0.2, 0.25) is 5.78 Å². The molecule has 20 heavy (non-hydrogen) atoms. The fourth-order valence-electron chi connectivity index (χ4n) is 2.61. The van der Waals surface area contributed by atoms with Gasteiger partial charge >= 0.3 is 5.79 Å². The zero-order valence-electron chi connectivity index (χ0n) is 10.8. The van der Waals surface area contributed by atoms with Crippen LogP contribution in [0.2, 0.25) is 0 Å². The van der Waals surface area contributed by atoms with E-state index in [1.165, 1.54) is 0 Å². The molecule has 0 bridgehead atoms. The van der Waals surface area contributed by atoms with Gasteiger partial charge < -0.3 is 14.2 Å². The molecule has 2 atom stereocenters. The van der Waals surface area contributed by atoms with Gasteiger partial charge in [-0.05, 0) is 17.7 Å². The van der Waals surface area contributed by atoms with Gasteiger partial charge in [0.15, 0.2) is 6.10 Å². The van der Waals surface area contributed by atoms with Crippen LogP contribution in [0.25, 0.3) is 0 Å². The lowest BCUT2D eigenvalue weighted by Gasteiger charge is -2.04. The Labute approximate surface area is 115 Å². The minimum absolute atomic E-state index is 0.121. The average Bonchev–Trinajstić information content (AvgIpc) is 3.15. The van der Waals surface area contributed by atoms with Crippen LogP contribution in [-0.2, 0) is 4.74 Å². The molecule has 4 heteroatoms. The summed E-state index contributed by atoms with van der Waals surface area (Å²) in [6.07, 6.45) is -0.338. The van der Waals surface area contributed by atoms with Crippen LogP contribution in [0, 0.1) is 0 Å². The maximum absolute atomic E-state index is 12.5. The molecule has 4 rings (SSSR count). The van der Waals surface area contributed by atoms with Crippen LogP contribution < -0.4 is 9.47 Å². The molecule has 1 fully saturated rings. The van der Waals surface area contributed by atoms with Gasteiger partial charge in [0, 0.05) is 6.07 Å². The van der Waals surface area contributed by atoms with Crippen molar-refractivity contribution in [1.29, 1.82) is 0 Å². The maximum Gasteiger partial charge on any atom is 0.307 e. The number of Topliss-reactive ketones (excluding diaryl/α,β-unsaturated/α-hetero) is 1. The summed E-state index contributed by atoms with van der Waals surface area (Å²) < 4.78 is 16.5. The number of ether oxygens (including phenoxy) is 3. The Hall–Kier alpha value is -2.33. The van der Waals surface area contributed by atoms with E-state index in [-0.39, 0.29) is 11.9 Å². The highest BCUT2D eigenvalue weighted by Gasteiger charge is 2.69. The fourth-order valence-corrected chi connectivity index (χ4v) is 2.61. The second kappa shape index (κ2) is 3.84. The number of epoxide rings is 1. The van der Waals surface area contributed by atoms with Crippen molar-refractivity contribution < 1.29 is 19.0 Å². The Balaban J connectivity index is 1.70. The first-order chi connectivity index (χ1) is 9.74. The second-order valence-corrected chi connectivity index (χ2v) is 4.87. The van der Waals surface area contributed by atoms with Crippen LogP contribution in [0.5, 0.6) is 11.5 Å². The summed E-state index contributed by atoms with van der Waals surface area (Å²) in [4.78, 5) is 12.5. The van der Waals surface area contributed by atoms with E-state index in [2.05, 4.69) is 0 Å². The molecule has 2 heterocycles. The summed E-state index contributed by atoms with van der Waals surface area (Å²) in [5.41, 5.74) is 1.49. The van der Waals surface area contributed by atoms with Crippen LogP contribution in [-0.4, -0.2) is 18.7 Å². The van der Waals surface area contributed by atoms with E-state index in [9.17, 15) is 4.79 Å². The molecule has 0 N–H and O–H groups in total. The third-order valence-electron chi connectivity index (χ3n) is 3.69. The van der Waals surface area contributed by atoms with Crippen molar-refractivity contribution in [2.24, 2.45) is 0 Å². The zero-order valence-corrected chi connectivity index (χ0v) is 10.8. The van der Waals surface area contributed by atoms with Crippen molar-refractivity contribution in [3.05, 3.63) is 59.7 Å². The highest BCUT2D eigenvalue weighted by molar-refractivity contribution is 6.08. The normalized spacial score (nSPS) is 26.2. The van der Waals surface area contributed by atoms with E-state index < -0.39 is 5.79 Å². The molecule has 0 aromatic heterocycles. The highest BCUT2D eigenvalue weighted by Crippen LogP contribution is 2.57. The smallest absolute Gasteiger partial charge is 0.307 e. The first-order valence-electron chi connectivity index (χ1n) is 6.39. The van der Waals surface area contributed by atoms with Crippen LogP contribution in [0.1, 0.15) is 22.0 Å². The summed E-state index contributed by atoms with van der Waals surface area (Å²) in [5.74, 6) is -0.113. The number of hydrogen-bond donors (Lipinski definition) is 0. The van der Waals surface area contributed by atoms with Gasteiger partial charge in [-0.15, -0.1) is 0 Å². The first kappa shape index (κ1) is 11.5. The number of carbonyl (C=O) groups is 1. The second-order valence-electron chi connectivity index (χ2n) is 4.87. The lowest BCUT2D eigenvalue weighted by atomic mass is 10.0. The van der Waals surface area contributed by atoms with Crippen molar-refractivity contribution in [3.8, 4) is 11.5 Å². The van der Waals surface area contributed by atoms with Gasteiger partial charge in [-0.2, -0.15) is 0 Å². The Kier molecular flexibility index (Phi) is 2.20. The molecular formula is C16H12O4. The standard InChI is InChI=1S/C16H12O4/c1-18-11-7-8-12-13(9-11)19-16(14(12)17)15(20-16)10-5-3-2-4-6-10/h2-9,15H,1H3/t15-,16+/m1/s1. The molecule has 0 radical (unpaired) electrons. The first-order valence-corrected chi connectivity index (χ1v) is 6.39. The van der Waals surface area contributed by atoms with E-state index in [0.717, 1.165) is 5.56 Å². The summed E-state index contributed by atoms with van der Waals surface area (Å²) >= 11 is 0. The van der Waals surface area contributed by atoms with Crippen molar-refractivity contribution in [2.75, 3.05) is 7.11 Å². The number of rotatable bonds is 2. The third kappa shape index (κ3) is 1.42. The number of hydrogen-bond acceptors (Lipinski definition) is 4. The van der Waals surface area contributed by atoms with Crippen LogP contribution in [0.4, 0.5) is 0 Å². The van der Waals surface area contributed by atoms with E-state index in [4.69, 9.17) is 14.2 Å². The van der Waals surface area contributed by atoms with Gasteiger partial charge in [-0.1, -0.05) is 30.3 Å². The predicted molar refractivity (Wildman–Crippen MR) is 71.0 cm³/mol. The Bertz CT molecular complexity index is 695. The molecular weight excluding hydrogens is 256 g/mol. The largest absolute Gasteiger partial charge is 0.497 e. The highest BCUT2D eigenvalue weighted by atomic mass is 16.8. The quantitative estimate of drug-likeness (QED) is 0.786. The number of carbonyl (C=O) groups excluding carboxylic acids is 1. The van der Waals surface area contributed by atoms with Crippen LogP contribution in [0.15, 0.2) is 48.5 Å². The van der Waals surface area contributed by atoms with E-state index in [0.29, 0.717) is 17.1 Å². The number of ketones is 1. The van der Waals surface area contributed by atoms with E-state index in [1.54, 1.807) is 25.3 Å². The van der Waals surface area contributed by atoms with E-state index >= 15 is 0 Å². The Morgan fingerprint density at radius 2 is 1.95 bits per heavy atom.